The molecule has 0 spiro atoms. The minimum absolute atomic E-state index is 0.0250. The minimum Gasteiger partial charge on any atom is -0.384 e. The van der Waals surface area contributed by atoms with Gasteiger partial charge in [0.15, 0.2) is 0 Å². The number of hydrogen-bond donors (Lipinski definition) is 2. The molecule has 1 aromatic carbocycles. The maximum atomic E-state index is 13.2. The van der Waals surface area contributed by atoms with E-state index in [2.05, 4.69) is 5.32 Å². The second-order valence-electron chi connectivity index (χ2n) is 5.61. The fourth-order valence-corrected chi connectivity index (χ4v) is 3.87. The average Bonchev–Trinajstić information content (AvgIpc) is 2.42. The van der Waals surface area contributed by atoms with E-state index in [1.165, 1.54) is 0 Å². The molecule has 3 N–H and O–H groups in total. The van der Waals surface area contributed by atoms with Gasteiger partial charge in [-0.15, -0.1) is 0 Å². The first kappa shape index (κ1) is 19.2. The Hall–Kier alpha value is -1.11. The first-order valence-electron chi connectivity index (χ1n) is 6.89. The van der Waals surface area contributed by atoms with Crippen molar-refractivity contribution in [3.05, 3.63) is 18.2 Å². The molecule has 1 aliphatic heterocycles. The highest BCUT2D eigenvalue weighted by Gasteiger charge is 2.67. The Morgan fingerprint density at radius 2 is 1.75 bits per heavy atom. The quantitative estimate of drug-likeness (QED) is 0.742. The molecule has 1 aliphatic rings. The lowest BCUT2D eigenvalue weighted by atomic mass is 10.0. The summed E-state index contributed by atoms with van der Waals surface area (Å²) in [6, 6.07) is 1.30. The Morgan fingerprint density at radius 1 is 1.17 bits per heavy atom. The molecular weight excluding hydrogens is 379 g/mol. The zero-order valence-electron chi connectivity index (χ0n) is 12.4. The molecule has 1 saturated heterocycles. The molecular formula is C12H17F5N2O3S2. The van der Waals surface area contributed by atoms with E-state index in [0.29, 0.717) is 32.1 Å². The Labute approximate surface area is 136 Å². The molecule has 12 heteroatoms. The monoisotopic (exact) mass is 396 g/mol. The molecule has 0 bridgehead atoms. The highest BCUT2D eigenvalue weighted by atomic mass is 32.5. The number of benzene rings is 1. The van der Waals surface area contributed by atoms with Crippen LogP contribution in [0.2, 0.25) is 0 Å². The van der Waals surface area contributed by atoms with Crippen molar-refractivity contribution in [2.24, 2.45) is 11.1 Å². The van der Waals surface area contributed by atoms with E-state index in [0.717, 1.165) is 6.07 Å². The molecule has 1 fully saturated rings. The van der Waals surface area contributed by atoms with E-state index in [-0.39, 0.29) is 18.5 Å². The molecule has 0 atom stereocenters. The van der Waals surface area contributed by atoms with Crippen molar-refractivity contribution in [1.29, 1.82) is 0 Å². The number of sulfonamides is 1. The lowest BCUT2D eigenvalue weighted by Crippen LogP contribution is -2.23. The summed E-state index contributed by atoms with van der Waals surface area (Å²) in [6.07, 6.45) is 1.18. The lowest BCUT2D eigenvalue weighted by Gasteiger charge is -2.42. The highest BCUT2D eigenvalue weighted by molar-refractivity contribution is 8.45. The molecule has 1 aromatic rings. The highest BCUT2D eigenvalue weighted by Crippen LogP contribution is 3.02. The van der Waals surface area contributed by atoms with Gasteiger partial charge < -0.3 is 10.1 Å². The summed E-state index contributed by atoms with van der Waals surface area (Å²) in [5.41, 5.74) is -0.868. The van der Waals surface area contributed by atoms with Gasteiger partial charge in [-0.05, 0) is 37.0 Å². The van der Waals surface area contributed by atoms with E-state index < -0.39 is 35.7 Å². The maximum Gasteiger partial charge on any atom is 0.312 e. The molecule has 24 heavy (non-hydrogen) atoms. The summed E-state index contributed by atoms with van der Waals surface area (Å²) in [5, 5.41) is 7.09. The summed E-state index contributed by atoms with van der Waals surface area (Å²) in [5.74, 6) is -0.0250. The van der Waals surface area contributed by atoms with Gasteiger partial charge in [-0.1, -0.05) is 19.4 Å². The van der Waals surface area contributed by atoms with Crippen molar-refractivity contribution < 1.29 is 32.6 Å². The number of ether oxygens (including phenoxy) is 1. The molecule has 0 radical (unpaired) electrons. The van der Waals surface area contributed by atoms with Crippen molar-refractivity contribution in [2.45, 2.75) is 22.6 Å². The largest absolute Gasteiger partial charge is 0.384 e. The normalized spacial score (nSPS) is 20.2. The standard InChI is InChI=1S/C12H17F5N2O3S2/c13-24(14,15,16,17)12-7-10(23(18,20)21)1-2-11(12)19-8-9-3-5-22-6-4-9/h1-2,7,9,19H,3-6,8H2,(H2,18,20,21). The lowest BCUT2D eigenvalue weighted by molar-refractivity contribution is 0.0699. The number of anilines is 1. The van der Waals surface area contributed by atoms with Crippen LogP contribution in [0.5, 0.6) is 0 Å². The first-order chi connectivity index (χ1) is 10.7. The number of nitrogens with one attached hydrogen (secondary N) is 1. The van der Waals surface area contributed by atoms with Gasteiger partial charge in [0.1, 0.15) is 4.90 Å². The fraction of sp³-hybridized carbons (Fsp3) is 0.500. The van der Waals surface area contributed by atoms with Crippen molar-refractivity contribution >= 4 is 25.9 Å². The van der Waals surface area contributed by atoms with Crippen LogP contribution in [0.4, 0.5) is 25.1 Å². The third kappa shape index (κ3) is 4.94. The minimum atomic E-state index is -10.1. The van der Waals surface area contributed by atoms with Crippen LogP contribution in [0.3, 0.4) is 0 Å². The third-order valence-corrected chi connectivity index (χ3v) is 5.70. The van der Waals surface area contributed by atoms with Crippen LogP contribution in [-0.2, 0) is 14.8 Å². The smallest absolute Gasteiger partial charge is 0.312 e. The van der Waals surface area contributed by atoms with Crippen LogP contribution < -0.4 is 10.5 Å². The number of rotatable bonds is 5. The van der Waals surface area contributed by atoms with Crippen LogP contribution in [0, 0.1) is 5.92 Å². The average molecular weight is 396 g/mol. The van der Waals surface area contributed by atoms with Crippen molar-refractivity contribution in [3.8, 4) is 0 Å². The van der Waals surface area contributed by atoms with Crippen molar-refractivity contribution in [1.82, 2.24) is 0 Å². The van der Waals surface area contributed by atoms with Gasteiger partial charge in [0.25, 0.3) is 0 Å². The van der Waals surface area contributed by atoms with Gasteiger partial charge in [-0.25, -0.2) is 13.6 Å². The fourth-order valence-electron chi connectivity index (χ4n) is 2.35. The summed E-state index contributed by atoms with van der Waals surface area (Å²) in [7, 11) is -14.7. The molecule has 0 saturated carbocycles. The second-order valence-corrected chi connectivity index (χ2v) is 9.55. The van der Waals surface area contributed by atoms with Gasteiger partial charge in [0, 0.05) is 19.8 Å². The molecule has 2 rings (SSSR count). The molecule has 0 aliphatic carbocycles. The molecule has 140 valence electrons. The molecule has 0 amide bonds. The Balaban J connectivity index is 2.40. The zero-order chi connectivity index (χ0) is 18.3. The maximum absolute atomic E-state index is 13.2. The summed E-state index contributed by atoms with van der Waals surface area (Å²) in [4.78, 5) is -3.31. The van der Waals surface area contributed by atoms with E-state index in [4.69, 9.17) is 9.88 Å². The topological polar surface area (TPSA) is 81.4 Å². The first-order valence-corrected chi connectivity index (χ1v) is 10.4. The Kier molecular flexibility index (Phi) is 4.36. The van der Waals surface area contributed by atoms with Crippen molar-refractivity contribution in [2.75, 3.05) is 25.1 Å². The predicted molar refractivity (Wildman–Crippen MR) is 81.2 cm³/mol. The Bertz CT molecular complexity index is 731. The van der Waals surface area contributed by atoms with Gasteiger partial charge in [0.05, 0.1) is 10.6 Å². The van der Waals surface area contributed by atoms with Crippen LogP contribution in [0.1, 0.15) is 12.8 Å². The van der Waals surface area contributed by atoms with Gasteiger partial charge in [0.2, 0.25) is 10.0 Å². The Morgan fingerprint density at radius 3 is 2.25 bits per heavy atom. The van der Waals surface area contributed by atoms with Gasteiger partial charge in [-0.2, -0.15) is 0 Å². The molecule has 0 unspecified atom stereocenters. The molecule has 1 heterocycles. The van der Waals surface area contributed by atoms with Crippen LogP contribution >= 0.6 is 10.2 Å². The van der Waals surface area contributed by atoms with E-state index in [9.17, 15) is 27.8 Å². The summed E-state index contributed by atoms with van der Waals surface area (Å²) < 4.78 is 93.7. The number of primary sulfonamides is 1. The van der Waals surface area contributed by atoms with Crippen LogP contribution in [0.25, 0.3) is 0 Å². The van der Waals surface area contributed by atoms with E-state index >= 15 is 0 Å². The van der Waals surface area contributed by atoms with Crippen molar-refractivity contribution in [3.63, 3.8) is 0 Å². The zero-order valence-corrected chi connectivity index (χ0v) is 14.0. The van der Waals surface area contributed by atoms with E-state index in [1.54, 1.807) is 0 Å². The second kappa shape index (κ2) is 5.44. The molecule has 0 aromatic heterocycles. The predicted octanol–water partition coefficient (Wildman–Crippen LogP) is 3.83. The van der Waals surface area contributed by atoms with Gasteiger partial charge in [-0.3, -0.25) is 0 Å². The van der Waals surface area contributed by atoms with Crippen LogP contribution in [0.15, 0.2) is 28.0 Å². The summed E-state index contributed by atoms with van der Waals surface area (Å²) in [6.45, 7) is 0.940. The van der Waals surface area contributed by atoms with Gasteiger partial charge >= 0.3 is 10.2 Å². The third-order valence-electron chi connectivity index (χ3n) is 3.62. The SMILES string of the molecule is NS(=O)(=O)c1ccc(NCC2CCOCC2)c(S(F)(F)(F)(F)F)c1. The number of hydrogen-bond acceptors (Lipinski definition) is 4. The number of nitrogens with two attached hydrogens (primary N) is 1. The van der Waals surface area contributed by atoms with Crippen LogP contribution in [-0.4, -0.2) is 28.2 Å². The molecule has 5 nitrogen and oxygen atoms in total. The van der Waals surface area contributed by atoms with E-state index in [1.807, 2.05) is 0 Å². The number of halogens is 5. The summed E-state index contributed by atoms with van der Waals surface area (Å²) >= 11 is 0.